The lowest BCUT2D eigenvalue weighted by Crippen LogP contribution is -1.96. The molecular weight excluding hydrogens is 370 g/mol. The monoisotopic (exact) mass is 387 g/mol. The van der Waals surface area contributed by atoms with Gasteiger partial charge in [-0.2, -0.15) is 14.9 Å². The summed E-state index contributed by atoms with van der Waals surface area (Å²) in [7, 11) is 0. The van der Waals surface area contributed by atoms with E-state index in [2.05, 4.69) is 20.3 Å². The second-order valence-electron chi connectivity index (χ2n) is 5.99. The predicted molar refractivity (Wildman–Crippen MR) is 111 cm³/mol. The van der Waals surface area contributed by atoms with Crippen molar-refractivity contribution in [1.82, 2.24) is 19.9 Å². The van der Waals surface area contributed by atoms with Crippen molar-refractivity contribution in [3.63, 3.8) is 0 Å². The average molecular weight is 387 g/mol. The summed E-state index contributed by atoms with van der Waals surface area (Å²) in [6.45, 7) is 0.535. The predicted octanol–water partition coefficient (Wildman–Crippen LogP) is 4.46. The summed E-state index contributed by atoms with van der Waals surface area (Å²) in [6.07, 6.45) is 5.14. The Morgan fingerprint density at radius 2 is 1.75 bits per heavy atom. The summed E-state index contributed by atoms with van der Waals surface area (Å²) < 4.78 is 7.82. The van der Waals surface area contributed by atoms with Crippen LogP contribution in [0.3, 0.4) is 0 Å². The van der Waals surface area contributed by atoms with Crippen molar-refractivity contribution in [1.29, 1.82) is 0 Å². The minimum atomic E-state index is 0.422. The van der Waals surface area contributed by atoms with Gasteiger partial charge in [-0.25, -0.2) is 5.10 Å². The topological polar surface area (TPSA) is 68.1 Å². The van der Waals surface area contributed by atoms with Crippen molar-refractivity contribution < 1.29 is 4.74 Å². The van der Waals surface area contributed by atoms with Crippen LogP contribution in [0.2, 0.25) is 0 Å². The first kappa shape index (κ1) is 17.8. The van der Waals surface area contributed by atoms with E-state index in [4.69, 9.17) is 17.0 Å². The third-order valence-electron chi connectivity index (χ3n) is 4.04. The zero-order chi connectivity index (χ0) is 19.2. The minimum absolute atomic E-state index is 0.422. The Morgan fingerprint density at radius 1 is 1.00 bits per heavy atom. The van der Waals surface area contributed by atoms with E-state index < -0.39 is 0 Å². The number of aromatic nitrogens is 4. The number of nitrogens with one attached hydrogen (secondary N) is 1. The molecule has 2 aromatic carbocycles. The van der Waals surface area contributed by atoms with Crippen molar-refractivity contribution in [2.45, 2.75) is 6.61 Å². The highest BCUT2D eigenvalue weighted by Crippen LogP contribution is 2.16. The van der Waals surface area contributed by atoms with Gasteiger partial charge in [0.1, 0.15) is 12.4 Å². The fourth-order valence-corrected chi connectivity index (χ4v) is 2.78. The number of aromatic amines is 1. The van der Waals surface area contributed by atoms with E-state index in [1.54, 1.807) is 23.3 Å². The highest BCUT2D eigenvalue weighted by Gasteiger charge is 2.07. The van der Waals surface area contributed by atoms with Gasteiger partial charge in [0, 0.05) is 18.0 Å². The van der Waals surface area contributed by atoms with Gasteiger partial charge in [-0.05, 0) is 59.7 Å². The second-order valence-corrected chi connectivity index (χ2v) is 6.37. The molecule has 28 heavy (non-hydrogen) atoms. The van der Waals surface area contributed by atoms with E-state index in [0.29, 0.717) is 17.2 Å². The molecule has 7 heteroatoms. The van der Waals surface area contributed by atoms with Crippen LogP contribution in [0.4, 0.5) is 0 Å². The van der Waals surface area contributed by atoms with Gasteiger partial charge in [-0.15, -0.1) is 0 Å². The second kappa shape index (κ2) is 8.41. The molecule has 0 aliphatic carbocycles. The van der Waals surface area contributed by atoms with Gasteiger partial charge in [-0.1, -0.05) is 30.3 Å². The zero-order valence-corrected chi connectivity index (χ0v) is 15.7. The van der Waals surface area contributed by atoms with Crippen LogP contribution >= 0.6 is 12.2 Å². The summed E-state index contributed by atoms with van der Waals surface area (Å²) in [5.74, 6) is 1.44. The molecular formula is C21H17N5OS. The maximum Gasteiger partial charge on any atom is 0.216 e. The zero-order valence-electron chi connectivity index (χ0n) is 14.9. The highest BCUT2D eigenvalue weighted by molar-refractivity contribution is 7.71. The van der Waals surface area contributed by atoms with Gasteiger partial charge >= 0.3 is 0 Å². The van der Waals surface area contributed by atoms with E-state index in [1.807, 2.05) is 66.7 Å². The van der Waals surface area contributed by atoms with Gasteiger partial charge in [-0.3, -0.25) is 4.98 Å². The number of ether oxygens (including phenoxy) is 1. The fourth-order valence-electron chi connectivity index (χ4n) is 2.60. The van der Waals surface area contributed by atoms with Crippen LogP contribution in [-0.2, 0) is 6.61 Å². The van der Waals surface area contributed by atoms with E-state index >= 15 is 0 Å². The van der Waals surface area contributed by atoms with E-state index in [9.17, 15) is 0 Å². The summed E-state index contributed by atoms with van der Waals surface area (Å²) in [6, 6.07) is 21.5. The number of nitrogens with zero attached hydrogens (tertiary/aromatic N) is 4. The number of H-pyrrole nitrogens is 1. The van der Waals surface area contributed by atoms with Crippen molar-refractivity contribution in [2.24, 2.45) is 5.10 Å². The van der Waals surface area contributed by atoms with Gasteiger partial charge in [0.15, 0.2) is 5.82 Å². The van der Waals surface area contributed by atoms with Crippen LogP contribution in [0.1, 0.15) is 11.1 Å². The number of pyridine rings is 1. The largest absolute Gasteiger partial charge is 0.489 e. The van der Waals surface area contributed by atoms with Crippen LogP contribution in [0.15, 0.2) is 84.2 Å². The first-order valence-corrected chi connectivity index (χ1v) is 9.09. The fraction of sp³-hybridized carbons (Fsp3) is 0.0476. The first-order valence-electron chi connectivity index (χ1n) is 8.68. The van der Waals surface area contributed by atoms with E-state index in [-0.39, 0.29) is 0 Å². The Labute approximate surface area is 167 Å². The maximum absolute atomic E-state index is 5.81. The third kappa shape index (κ3) is 4.21. The SMILES string of the molecule is S=c1[nH]nc(-c2ccncc2)n1N=Cc1ccc(OCc2ccccc2)cc1. The molecule has 0 bridgehead atoms. The molecule has 4 rings (SSSR count). The minimum Gasteiger partial charge on any atom is -0.489 e. The van der Waals surface area contributed by atoms with Gasteiger partial charge < -0.3 is 4.74 Å². The molecule has 138 valence electrons. The summed E-state index contributed by atoms with van der Waals surface area (Å²) in [4.78, 5) is 4.02. The summed E-state index contributed by atoms with van der Waals surface area (Å²) >= 11 is 5.29. The molecule has 0 saturated carbocycles. The molecule has 0 spiro atoms. The Hall–Kier alpha value is -3.58. The molecule has 0 aliphatic rings. The van der Waals surface area contributed by atoms with Gasteiger partial charge in [0.25, 0.3) is 0 Å². The van der Waals surface area contributed by atoms with Gasteiger partial charge in [0.2, 0.25) is 4.77 Å². The molecule has 1 N–H and O–H groups in total. The summed E-state index contributed by atoms with van der Waals surface area (Å²) in [5.41, 5.74) is 2.94. The van der Waals surface area contributed by atoms with Crippen molar-refractivity contribution >= 4 is 18.4 Å². The van der Waals surface area contributed by atoms with E-state index in [0.717, 1.165) is 22.4 Å². The lowest BCUT2D eigenvalue weighted by molar-refractivity contribution is 0.306. The van der Waals surface area contributed by atoms with Crippen molar-refractivity contribution in [3.8, 4) is 17.1 Å². The summed E-state index contributed by atoms with van der Waals surface area (Å²) in [5, 5.41) is 11.5. The Kier molecular flexibility index (Phi) is 5.35. The van der Waals surface area contributed by atoms with Crippen LogP contribution < -0.4 is 4.74 Å². The van der Waals surface area contributed by atoms with E-state index in [1.165, 1.54) is 0 Å². The number of rotatable bonds is 6. The molecule has 0 fully saturated rings. The van der Waals surface area contributed by atoms with Crippen LogP contribution in [0, 0.1) is 4.77 Å². The molecule has 0 radical (unpaired) electrons. The molecule has 0 saturated heterocycles. The molecule has 2 heterocycles. The number of hydrogen-bond donors (Lipinski definition) is 1. The number of hydrogen-bond acceptors (Lipinski definition) is 5. The smallest absolute Gasteiger partial charge is 0.216 e. The molecule has 2 aromatic heterocycles. The maximum atomic E-state index is 5.81. The Balaban J connectivity index is 1.47. The van der Waals surface area contributed by atoms with Crippen LogP contribution in [0.5, 0.6) is 5.75 Å². The van der Waals surface area contributed by atoms with Crippen molar-refractivity contribution in [3.05, 3.63) is 95.0 Å². The molecule has 4 aromatic rings. The lowest BCUT2D eigenvalue weighted by Gasteiger charge is -2.06. The van der Waals surface area contributed by atoms with Crippen LogP contribution in [-0.4, -0.2) is 26.1 Å². The van der Waals surface area contributed by atoms with Crippen LogP contribution in [0.25, 0.3) is 11.4 Å². The lowest BCUT2D eigenvalue weighted by atomic mass is 10.2. The Bertz CT molecular complexity index is 1120. The standard InChI is InChI=1S/C21H17N5OS/c28-21-25-24-20(18-10-12-22-13-11-18)26(21)23-14-16-6-8-19(9-7-16)27-15-17-4-2-1-3-5-17/h1-14H,15H2,(H,25,28). The molecule has 0 atom stereocenters. The first-order chi connectivity index (χ1) is 13.8. The highest BCUT2D eigenvalue weighted by atomic mass is 32.1. The Morgan fingerprint density at radius 3 is 2.50 bits per heavy atom. The average Bonchev–Trinajstić information content (AvgIpc) is 3.13. The third-order valence-corrected chi connectivity index (χ3v) is 4.30. The molecule has 0 aliphatic heterocycles. The molecule has 0 unspecified atom stereocenters. The van der Waals surface area contributed by atoms with Crippen molar-refractivity contribution in [2.75, 3.05) is 0 Å². The normalized spacial score (nSPS) is 11.0. The van der Waals surface area contributed by atoms with Gasteiger partial charge in [0.05, 0.1) is 6.21 Å². The quantitative estimate of drug-likeness (QED) is 0.392. The molecule has 6 nitrogen and oxygen atoms in total. The molecule has 0 amide bonds. The number of benzene rings is 2.